The van der Waals surface area contributed by atoms with Crippen molar-refractivity contribution in [3.05, 3.63) is 89.1 Å². The average molecular weight is 339 g/mol. The lowest BCUT2D eigenvalue weighted by molar-refractivity contribution is -0.666. The Hall–Kier alpha value is -2.93. The highest BCUT2D eigenvalue weighted by Gasteiger charge is 2.28. The molecule has 0 aliphatic heterocycles. The topological polar surface area (TPSA) is 3.88 Å². The van der Waals surface area contributed by atoms with Gasteiger partial charge in [-0.15, -0.1) is 0 Å². The van der Waals surface area contributed by atoms with Gasteiger partial charge in [-0.25, -0.2) is 0 Å². The fourth-order valence-corrected chi connectivity index (χ4v) is 4.24. The molecule has 0 N–H and O–H groups in total. The number of hydrogen-bond donors (Lipinski definition) is 0. The van der Waals surface area contributed by atoms with E-state index in [1.165, 1.54) is 33.2 Å². The van der Waals surface area contributed by atoms with Crippen LogP contribution in [0.3, 0.4) is 0 Å². The van der Waals surface area contributed by atoms with Crippen molar-refractivity contribution in [2.75, 3.05) is 0 Å². The second kappa shape index (κ2) is 5.54. The van der Waals surface area contributed by atoms with E-state index in [0.717, 1.165) is 23.2 Å². The lowest BCUT2D eigenvalue weighted by Crippen LogP contribution is -2.36. The minimum absolute atomic E-state index is 0.390. The summed E-state index contributed by atoms with van der Waals surface area (Å²) in [4.78, 5) is 0. The molecule has 1 heterocycles. The van der Waals surface area contributed by atoms with Gasteiger partial charge in [0.25, 0.3) is 0 Å². The van der Waals surface area contributed by atoms with Crippen molar-refractivity contribution in [3.8, 4) is 22.4 Å². The van der Waals surface area contributed by atoms with Gasteiger partial charge in [0.2, 0.25) is 5.69 Å². The van der Waals surface area contributed by atoms with Crippen molar-refractivity contribution in [1.82, 2.24) is 0 Å². The summed E-state index contributed by atoms with van der Waals surface area (Å²) in [6.45, 7) is -0.0909. The number of benzene rings is 3. The summed E-state index contributed by atoms with van der Waals surface area (Å²) < 4.78 is 25.2. The molecule has 126 valence electrons. The van der Waals surface area contributed by atoms with E-state index in [2.05, 4.69) is 60.1 Å². The Kier molecular flexibility index (Phi) is 2.65. The molecule has 0 bridgehead atoms. The van der Waals surface area contributed by atoms with Gasteiger partial charge < -0.3 is 0 Å². The third kappa shape index (κ3) is 2.20. The van der Waals surface area contributed by atoms with Crippen LogP contribution in [-0.2, 0) is 13.5 Å². The predicted molar refractivity (Wildman–Crippen MR) is 108 cm³/mol. The zero-order chi connectivity index (χ0) is 20.3. The molecule has 1 aliphatic carbocycles. The first-order valence-corrected chi connectivity index (χ1v) is 8.98. The summed E-state index contributed by atoms with van der Waals surface area (Å²) in [6.07, 6.45) is 0.909. The number of pyridine rings is 1. The molecule has 5 rings (SSSR count). The van der Waals surface area contributed by atoms with Crippen LogP contribution in [0.1, 0.15) is 26.5 Å². The van der Waals surface area contributed by atoms with Crippen LogP contribution in [0.5, 0.6) is 0 Å². The summed E-state index contributed by atoms with van der Waals surface area (Å²) >= 11 is 0. The maximum absolute atomic E-state index is 7.65. The highest BCUT2D eigenvalue weighted by Crippen LogP contribution is 2.38. The SMILES string of the molecule is [2H]C([2H])([2H])c1ccc(-c2ccc3c([n+]2C)Cc2cc4ccccc4cc2-3)c(C)c1. The van der Waals surface area contributed by atoms with Crippen LogP contribution in [0.25, 0.3) is 33.2 Å². The van der Waals surface area contributed by atoms with Crippen LogP contribution in [0, 0.1) is 13.8 Å². The zero-order valence-corrected chi connectivity index (χ0v) is 15.0. The molecule has 0 spiro atoms. The molecular weight excluding hydrogens is 314 g/mol. The van der Waals surface area contributed by atoms with E-state index in [1.54, 1.807) is 12.1 Å². The summed E-state index contributed by atoms with van der Waals surface area (Å²) in [5.74, 6) is 0. The quantitative estimate of drug-likeness (QED) is 0.354. The lowest BCUT2D eigenvalue weighted by Gasteiger charge is -2.08. The van der Waals surface area contributed by atoms with Crippen LogP contribution in [0.2, 0.25) is 0 Å². The summed E-state index contributed by atoms with van der Waals surface area (Å²) in [7, 11) is 2.11. The van der Waals surface area contributed by atoms with E-state index in [1.807, 2.05) is 13.0 Å². The summed E-state index contributed by atoms with van der Waals surface area (Å²) in [5, 5.41) is 2.54. The van der Waals surface area contributed by atoms with Crippen molar-refractivity contribution in [2.45, 2.75) is 20.2 Å². The Morgan fingerprint density at radius 2 is 1.62 bits per heavy atom. The molecule has 0 fully saturated rings. The second-order valence-electron chi connectivity index (χ2n) is 7.20. The fourth-order valence-electron chi connectivity index (χ4n) is 4.24. The largest absolute Gasteiger partial charge is 0.212 e. The van der Waals surface area contributed by atoms with Gasteiger partial charge in [-0.3, -0.25) is 0 Å². The van der Waals surface area contributed by atoms with Gasteiger partial charge in [0.05, 0.1) is 6.42 Å². The van der Waals surface area contributed by atoms with E-state index in [-0.39, 0.29) is 0 Å². The van der Waals surface area contributed by atoms with Gasteiger partial charge >= 0.3 is 0 Å². The third-order valence-electron chi connectivity index (χ3n) is 5.61. The van der Waals surface area contributed by atoms with E-state index in [0.29, 0.717) is 5.56 Å². The molecule has 0 unspecified atom stereocenters. The van der Waals surface area contributed by atoms with E-state index >= 15 is 0 Å². The van der Waals surface area contributed by atoms with Gasteiger partial charge in [0.1, 0.15) is 7.05 Å². The van der Waals surface area contributed by atoms with Crippen LogP contribution in [0.4, 0.5) is 0 Å². The van der Waals surface area contributed by atoms with Crippen LogP contribution < -0.4 is 4.57 Å². The van der Waals surface area contributed by atoms with Gasteiger partial charge in [-0.2, -0.15) is 4.57 Å². The highest BCUT2D eigenvalue weighted by atomic mass is 15.0. The molecule has 0 amide bonds. The van der Waals surface area contributed by atoms with Gasteiger partial charge in [-0.1, -0.05) is 42.0 Å². The zero-order valence-electron chi connectivity index (χ0n) is 18.0. The monoisotopic (exact) mass is 339 g/mol. The molecule has 1 nitrogen and oxygen atoms in total. The molecule has 3 aromatic carbocycles. The Balaban J connectivity index is 1.63. The van der Waals surface area contributed by atoms with Crippen molar-refractivity contribution >= 4 is 10.8 Å². The Morgan fingerprint density at radius 1 is 0.846 bits per heavy atom. The second-order valence-corrected chi connectivity index (χ2v) is 7.20. The molecule has 1 heteroatoms. The van der Waals surface area contributed by atoms with Crippen molar-refractivity contribution in [1.29, 1.82) is 0 Å². The fraction of sp³-hybridized carbons (Fsp3) is 0.160. The molecule has 0 radical (unpaired) electrons. The Morgan fingerprint density at radius 3 is 2.38 bits per heavy atom. The van der Waals surface area contributed by atoms with E-state index in [4.69, 9.17) is 4.11 Å². The minimum atomic E-state index is -2.08. The van der Waals surface area contributed by atoms with E-state index < -0.39 is 6.85 Å². The van der Waals surface area contributed by atoms with Crippen molar-refractivity contribution in [3.63, 3.8) is 0 Å². The summed E-state index contributed by atoms with van der Waals surface area (Å²) in [6, 6.07) is 22.9. The standard InChI is InChI=1S/C25H22N/c1-16-8-9-21(17(2)12-16)24-11-10-22-23-14-19-7-5-4-6-18(19)13-20(23)15-25(22)26(24)3/h4-14H,15H2,1-3H3/q+1/i1D3. The molecule has 1 aromatic heterocycles. The van der Waals surface area contributed by atoms with Gasteiger partial charge in [-0.05, 0) is 65.5 Å². The van der Waals surface area contributed by atoms with Crippen LogP contribution >= 0.6 is 0 Å². The number of aromatic nitrogens is 1. The third-order valence-corrected chi connectivity index (χ3v) is 5.61. The Labute approximate surface area is 158 Å². The van der Waals surface area contributed by atoms with Gasteiger partial charge in [0, 0.05) is 21.3 Å². The first-order valence-electron chi connectivity index (χ1n) is 10.5. The van der Waals surface area contributed by atoms with Crippen LogP contribution in [-0.4, -0.2) is 0 Å². The molecular formula is C25H22N+. The number of nitrogens with zero attached hydrogens (tertiary/aromatic N) is 1. The predicted octanol–water partition coefficient (Wildman–Crippen LogP) is 5.52. The molecule has 26 heavy (non-hydrogen) atoms. The Bertz CT molecular complexity index is 1290. The molecule has 0 saturated heterocycles. The minimum Gasteiger partial charge on any atom is -0.197 e. The first-order chi connectivity index (χ1) is 13.8. The molecule has 0 atom stereocenters. The summed E-state index contributed by atoms with van der Waals surface area (Å²) in [5.41, 5.74) is 8.81. The van der Waals surface area contributed by atoms with E-state index in [9.17, 15) is 0 Å². The molecule has 4 aromatic rings. The lowest BCUT2D eigenvalue weighted by atomic mass is 9.99. The van der Waals surface area contributed by atoms with Crippen molar-refractivity contribution < 1.29 is 8.68 Å². The maximum atomic E-state index is 7.65. The van der Waals surface area contributed by atoms with Crippen molar-refractivity contribution in [2.24, 2.45) is 7.05 Å². The maximum Gasteiger partial charge on any atom is 0.212 e. The highest BCUT2D eigenvalue weighted by molar-refractivity contribution is 5.91. The smallest absolute Gasteiger partial charge is 0.197 e. The normalized spacial score (nSPS) is 14.5. The number of aryl methyl sites for hydroxylation is 2. The number of rotatable bonds is 1. The average Bonchev–Trinajstić information content (AvgIpc) is 3.04. The first kappa shape index (κ1) is 12.4. The molecule has 1 aliphatic rings. The van der Waals surface area contributed by atoms with Gasteiger partial charge in [0.15, 0.2) is 5.69 Å². The number of fused-ring (bicyclic) bond motifs is 4. The van der Waals surface area contributed by atoms with Crippen LogP contribution in [0.15, 0.2) is 66.7 Å². The molecule has 0 saturated carbocycles. The number of hydrogen-bond acceptors (Lipinski definition) is 0.